The molecule has 0 aliphatic heterocycles. The molecule has 0 aliphatic carbocycles. The molecule has 0 heterocycles. The number of hydrogen-bond donors (Lipinski definition) is 0. The van der Waals surface area contributed by atoms with E-state index in [0.717, 1.165) is 12.8 Å². The molecule has 0 bridgehead atoms. The molecule has 0 amide bonds. The molecule has 2 aromatic rings. The molecule has 0 spiro atoms. The van der Waals surface area contributed by atoms with Gasteiger partial charge in [-0.1, -0.05) is 24.3 Å². The summed E-state index contributed by atoms with van der Waals surface area (Å²) in [4.78, 5) is 21.7. The van der Waals surface area contributed by atoms with Crippen molar-refractivity contribution in [2.75, 3.05) is 0 Å². The van der Waals surface area contributed by atoms with E-state index in [0.29, 0.717) is 11.5 Å². The zero-order chi connectivity index (χ0) is 15.9. The maximum atomic E-state index is 10.8. The molecule has 2 rings (SSSR count). The number of aryl methyl sites for hydroxylation is 2. The molecule has 0 radical (unpaired) electrons. The molecule has 0 fully saturated rings. The summed E-state index contributed by atoms with van der Waals surface area (Å²) < 4.78 is 9.99. The summed E-state index contributed by atoms with van der Waals surface area (Å²) in [5, 5.41) is 0. The topological polar surface area (TPSA) is 52.6 Å². The molecule has 4 nitrogen and oxygen atoms in total. The average molecular weight is 298 g/mol. The van der Waals surface area contributed by atoms with Crippen LogP contribution in [0.15, 0.2) is 48.5 Å². The Balaban J connectivity index is 1.89. The van der Waals surface area contributed by atoms with Crippen molar-refractivity contribution in [2.24, 2.45) is 0 Å². The third-order valence-electron chi connectivity index (χ3n) is 3.07. The predicted molar refractivity (Wildman–Crippen MR) is 82.9 cm³/mol. The van der Waals surface area contributed by atoms with Gasteiger partial charge in [0.2, 0.25) is 0 Å². The van der Waals surface area contributed by atoms with Gasteiger partial charge in [0.25, 0.3) is 0 Å². The highest BCUT2D eigenvalue weighted by atomic mass is 16.5. The van der Waals surface area contributed by atoms with Gasteiger partial charge in [0.15, 0.2) is 0 Å². The molecule has 114 valence electrons. The van der Waals surface area contributed by atoms with Crippen LogP contribution in [0.1, 0.15) is 25.0 Å². The highest BCUT2D eigenvalue weighted by Crippen LogP contribution is 2.16. The van der Waals surface area contributed by atoms with E-state index in [1.54, 1.807) is 24.3 Å². The highest BCUT2D eigenvalue weighted by Gasteiger charge is 2.01. The van der Waals surface area contributed by atoms with Crippen molar-refractivity contribution in [1.29, 1.82) is 0 Å². The summed E-state index contributed by atoms with van der Waals surface area (Å²) >= 11 is 0. The van der Waals surface area contributed by atoms with Crippen LogP contribution in [0.4, 0.5) is 0 Å². The molecule has 22 heavy (non-hydrogen) atoms. The Bertz CT molecular complexity index is 582. The zero-order valence-electron chi connectivity index (χ0n) is 12.7. The monoisotopic (exact) mass is 298 g/mol. The summed E-state index contributed by atoms with van der Waals surface area (Å²) in [7, 11) is 0. The van der Waals surface area contributed by atoms with Crippen molar-refractivity contribution in [1.82, 2.24) is 0 Å². The summed E-state index contributed by atoms with van der Waals surface area (Å²) in [6.45, 7) is 2.76. The fourth-order valence-electron chi connectivity index (χ4n) is 2.07. The number of carbonyl (C=O) groups excluding carboxylic acids is 2. The SMILES string of the molecule is CC(=O)Oc1ccc(CCc2ccc(OC(C)=O)cc2)cc1. The minimum absolute atomic E-state index is 0.319. The van der Waals surface area contributed by atoms with E-state index in [-0.39, 0.29) is 11.9 Å². The average Bonchev–Trinajstić information content (AvgIpc) is 2.47. The van der Waals surface area contributed by atoms with Crippen LogP contribution < -0.4 is 9.47 Å². The number of rotatable bonds is 5. The first kappa shape index (κ1) is 15.8. The Morgan fingerprint density at radius 2 is 1.00 bits per heavy atom. The molecule has 0 N–H and O–H groups in total. The highest BCUT2D eigenvalue weighted by molar-refractivity contribution is 5.69. The fourth-order valence-corrected chi connectivity index (χ4v) is 2.07. The second-order valence-corrected chi connectivity index (χ2v) is 4.98. The Kier molecular flexibility index (Phi) is 5.31. The molecule has 0 atom stereocenters. The third-order valence-corrected chi connectivity index (χ3v) is 3.07. The van der Waals surface area contributed by atoms with Gasteiger partial charge in [0.05, 0.1) is 0 Å². The molecule has 0 aliphatic rings. The van der Waals surface area contributed by atoms with Crippen molar-refractivity contribution in [3.8, 4) is 11.5 Å². The van der Waals surface area contributed by atoms with E-state index in [9.17, 15) is 9.59 Å². The van der Waals surface area contributed by atoms with Crippen molar-refractivity contribution in [3.63, 3.8) is 0 Å². The Hall–Kier alpha value is -2.62. The van der Waals surface area contributed by atoms with Crippen molar-refractivity contribution in [2.45, 2.75) is 26.7 Å². The van der Waals surface area contributed by atoms with Gasteiger partial charge >= 0.3 is 11.9 Å². The zero-order valence-corrected chi connectivity index (χ0v) is 12.7. The van der Waals surface area contributed by atoms with Crippen LogP contribution in [-0.4, -0.2) is 11.9 Å². The van der Waals surface area contributed by atoms with Gasteiger partial charge in [-0.25, -0.2) is 0 Å². The summed E-state index contributed by atoms with van der Waals surface area (Å²) in [5.74, 6) is 0.477. The third kappa shape index (κ3) is 5.05. The Morgan fingerprint density at radius 3 is 1.27 bits per heavy atom. The van der Waals surface area contributed by atoms with Gasteiger partial charge in [0, 0.05) is 13.8 Å². The lowest BCUT2D eigenvalue weighted by Gasteiger charge is -2.06. The molecule has 2 aromatic carbocycles. The van der Waals surface area contributed by atoms with Gasteiger partial charge in [-0.15, -0.1) is 0 Å². The molecule has 0 aromatic heterocycles. The minimum atomic E-state index is -0.319. The molecule has 0 saturated carbocycles. The van der Waals surface area contributed by atoms with Crippen LogP contribution in [0.2, 0.25) is 0 Å². The molecular weight excluding hydrogens is 280 g/mol. The van der Waals surface area contributed by atoms with Gasteiger partial charge in [0.1, 0.15) is 11.5 Å². The smallest absolute Gasteiger partial charge is 0.308 e. The Labute approximate surface area is 129 Å². The van der Waals surface area contributed by atoms with Gasteiger partial charge in [-0.05, 0) is 48.2 Å². The van der Waals surface area contributed by atoms with Crippen LogP contribution in [0.5, 0.6) is 11.5 Å². The fraction of sp³-hybridized carbons (Fsp3) is 0.222. The first-order valence-corrected chi connectivity index (χ1v) is 7.07. The van der Waals surface area contributed by atoms with Crippen molar-refractivity contribution in [3.05, 3.63) is 59.7 Å². The van der Waals surface area contributed by atoms with Gasteiger partial charge < -0.3 is 9.47 Å². The van der Waals surface area contributed by atoms with Crippen LogP contribution in [0.25, 0.3) is 0 Å². The largest absolute Gasteiger partial charge is 0.427 e. The molecule has 0 saturated heterocycles. The van der Waals surface area contributed by atoms with Crippen LogP contribution in [-0.2, 0) is 22.4 Å². The van der Waals surface area contributed by atoms with E-state index in [4.69, 9.17) is 9.47 Å². The second-order valence-electron chi connectivity index (χ2n) is 4.98. The summed E-state index contributed by atoms with van der Waals surface area (Å²) in [6, 6.07) is 15.0. The lowest BCUT2D eigenvalue weighted by atomic mass is 10.0. The van der Waals surface area contributed by atoms with Crippen LogP contribution in [0.3, 0.4) is 0 Å². The quantitative estimate of drug-likeness (QED) is 0.627. The Morgan fingerprint density at radius 1 is 0.682 bits per heavy atom. The standard InChI is InChI=1S/C18H18O4/c1-13(19)21-17-9-5-15(6-10-17)3-4-16-7-11-18(12-8-16)22-14(2)20/h5-12H,3-4H2,1-2H3. The van der Waals surface area contributed by atoms with E-state index < -0.39 is 0 Å². The minimum Gasteiger partial charge on any atom is -0.427 e. The van der Waals surface area contributed by atoms with Crippen molar-refractivity contribution >= 4 is 11.9 Å². The predicted octanol–water partition coefficient (Wildman–Crippen LogP) is 3.32. The van der Waals surface area contributed by atoms with Crippen LogP contribution in [0, 0.1) is 0 Å². The molecule has 4 heteroatoms. The van der Waals surface area contributed by atoms with Gasteiger partial charge in [-0.3, -0.25) is 9.59 Å². The maximum Gasteiger partial charge on any atom is 0.308 e. The first-order chi connectivity index (χ1) is 10.5. The van der Waals surface area contributed by atoms with Crippen LogP contribution >= 0.6 is 0 Å². The second kappa shape index (κ2) is 7.41. The van der Waals surface area contributed by atoms with Gasteiger partial charge in [-0.2, -0.15) is 0 Å². The van der Waals surface area contributed by atoms with E-state index >= 15 is 0 Å². The lowest BCUT2D eigenvalue weighted by molar-refractivity contribution is -0.132. The normalized spacial score (nSPS) is 10.1. The lowest BCUT2D eigenvalue weighted by Crippen LogP contribution is -2.01. The van der Waals surface area contributed by atoms with E-state index in [1.165, 1.54) is 25.0 Å². The van der Waals surface area contributed by atoms with E-state index in [1.807, 2.05) is 24.3 Å². The molecular formula is C18H18O4. The number of hydrogen-bond acceptors (Lipinski definition) is 4. The summed E-state index contributed by atoms with van der Waals surface area (Å²) in [6.07, 6.45) is 1.76. The number of esters is 2. The number of benzene rings is 2. The van der Waals surface area contributed by atoms with E-state index in [2.05, 4.69) is 0 Å². The molecule has 0 unspecified atom stereocenters. The maximum absolute atomic E-state index is 10.8. The number of ether oxygens (including phenoxy) is 2. The van der Waals surface area contributed by atoms with Crippen molar-refractivity contribution < 1.29 is 19.1 Å². The summed E-state index contributed by atoms with van der Waals surface area (Å²) in [5.41, 5.74) is 2.33. The number of carbonyl (C=O) groups is 2. The first-order valence-electron chi connectivity index (χ1n) is 7.07.